The second-order valence-corrected chi connectivity index (χ2v) is 7.90. The number of carbonyl (C=O) groups excluding carboxylic acids is 4. The normalized spacial score (nSPS) is 13.5. The number of nitrogens with two attached hydrogens (primary N) is 3. The summed E-state index contributed by atoms with van der Waals surface area (Å²) in [6.07, 6.45) is 3.54. The number of hydrogen-bond acceptors (Lipinski definition) is 8. The van der Waals surface area contributed by atoms with Gasteiger partial charge in [-0.1, -0.05) is 6.42 Å². The molecular formula is C18H34N6O6S. The van der Waals surface area contributed by atoms with Crippen molar-refractivity contribution >= 4 is 41.4 Å². The Labute approximate surface area is 185 Å². The molecule has 0 spiro atoms. The van der Waals surface area contributed by atoms with Crippen LogP contribution in [-0.2, 0) is 24.0 Å². The van der Waals surface area contributed by atoms with Crippen molar-refractivity contribution in [1.29, 1.82) is 0 Å². The third-order valence-electron chi connectivity index (χ3n) is 4.29. The van der Waals surface area contributed by atoms with Gasteiger partial charge < -0.3 is 38.3 Å². The van der Waals surface area contributed by atoms with Gasteiger partial charge >= 0.3 is 5.97 Å². The number of rotatable bonds is 17. The number of amides is 4. The molecule has 0 aromatic carbocycles. The molecule has 0 aliphatic rings. The molecule has 0 aromatic heterocycles. The number of unbranched alkanes of at least 4 members (excludes halogenated alkanes) is 1. The van der Waals surface area contributed by atoms with Crippen molar-refractivity contribution in [2.75, 3.05) is 25.1 Å². The SMILES string of the molecule is CSCCC(NC(=O)CNC(=O)C(N)CCCCN)C(=O)NC(CCC(N)=O)C(=O)O. The van der Waals surface area contributed by atoms with Gasteiger partial charge in [-0.2, -0.15) is 11.8 Å². The third kappa shape index (κ3) is 13.5. The van der Waals surface area contributed by atoms with Gasteiger partial charge in [-0.15, -0.1) is 0 Å². The lowest BCUT2D eigenvalue weighted by atomic mass is 10.1. The zero-order valence-corrected chi connectivity index (χ0v) is 18.5. The van der Waals surface area contributed by atoms with E-state index in [-0.39, 0.29) is 25.8 Å². The topological polar surface area (TPSA) is 220 Å². The molecule has 0 heterocycles. The molecule has 0 saturated heterocycles. The predicted molar refractivity (Wildman–Crippen MR) is 117 cm³/mol. The molecule has 13 heteroatoms. The van der Waals surface area contributed by atoms with Crippen molar-refractivity contribution < 1.29 is 29.1 Å². The van der Waals surface area contributed by atoms with Crippen molar-refractivity contribution in [1.82, 2.24) is 16.0 Å². The quantitative estimate of drug-likeness (QED) is 0.115. The third-order valence-corrected chi connectivity index (χ3v) is 4.93. The number of aliphatic carboxylic acids is 1. The monoisotopic (exact) mass is 462 g/mol. The molecule has 12 nitrogen and oxygen atoms in total. The number of nitrogens with one attached hydrogen (secondary N) is 3. The molecule has 0 aliphatic heterocycles. The summed E-state index contributed by atoms with van der Waals surface area (Å²) in [6.45, 7) is 0.123. The number of carboxylic acid groups (broad SMARTS) is 1. The van der Waals surface area contributed by atoms with Crippen LogP contribution in [0.1, 0.15) is 38.5 Å². The molecular weight excluding hydrogens is 428 g/mol. The fourth-order valence-electron chi connectivity index (χ4n) is 2.50. The van der Waals surface area contributed by atoms with Gasteiger partial charge in [-0.3, -0.25) is 19.2 Å². The van der Waals surface area contributed by atoms with Gasteiger partial charge in [0.25, 0.3) is 0 Å². The molecule has 10 N–H and O–H groups in total. The molecule has 3 atom stereocenters. The Kier molecular flexibility index (Phi) is 15.1. The number of thioether (sulfide) groups is 1. The molecule has 0 saturated carbocycles. The molecule has 0 rings (SSSR count). The van der Waals surface area contributed by atoms with Crippen LogP contribution in [-0.4, -0.2) is 77.9 Å². The Hall–Kier alpha value is -2.38. The second-order valence-electron chi connectivity index (χ2n) is 6.91. The lowest BCUT2D eigenvalue weighted by molar-refractivity contribution is -0.142. The number of primary amides is 1. The van der Waals surface area contributed by atoms with E-state index in [4.69, 9.17) is 17.2 Å². The van der Waals surface area contributed by atoms with Crippen LogP contribution in [0.5, 0.6) is 0 Å². The Balaban J connectivity index is 4.78. The van der Waals surface area contributed by atoms with Crippen LogP contribution < -0.4 is 33.2 Å². The molecule has 0 bridgehead atoms. The van der Waals surface area contributed by atoms with Crippen molar-refractivity contribution in [3.05, 3.63) is 0 Å². The Morgan fingerprint density at radius 2 is 1.65 bits per heavy atom. The Bertz CT molecular complexity index is 620. The number of hydrogen-bond donors (Lipinski definition) is 7. The van der Waals surface area contributed by atoms with Gasteiger partial charge in [0.15, 0.2) is 0 Å². The molecule has 4 amide bonds. The van der Waals surface area contributed by atoms with Gasteiger partial charge in [0.05, 0.1) is 12.6 Å². The predicted octanol–water partition coefficient (Wildman–Crippen LogP) is -2.37. The van der Waals surface area contributed by atoms with E-state index in [1.807, 2.05) is 6.26 Å². The van der Waals surface area contributed by atoms with E-state index in [2.05, 4.69) is 16.0 Å². The zero-order chi connectivity index (χ0) is 23.8. The van der Waals surface area contributed by atoms with E-state index < -0.39 is 47.7 Å². The molecule has 31 heavy (non-hydrogen) atoms. The Morgan fingerprint density at radius 3 is 2.19 bits per heavy atom. The number of carbonyl (C=O) groups is 5. The summed E-state index contributed by atoms with van der Waals surface area (Å²) in [4.78, 5) is 58.9. The Morgan fingerprint density at radius 1 is 0.968 bits per heavy atom. The van der Waals surface area contributed by atoms with E-state index in [1.165, 1.54) is 11.8 Å². The smallest absolute Gasteiger partial charge is 0.326 e. The fourth-order valence-corrected chi connectivity index (χ4v) is 2.98. The average molecular weight is 463 g/mol. The lowest BCUT2D eigenvalue weighted by Gasteiger charge is -2.21. The molecule has 3 unspecified atom stereocenters. The van der Waals surface area contributed by atoms with E-state index in [1.54, 1.807) is 0 Å². The highest BCUT2D eigenvalue weighted by atomic mass is 32.2. The number of carboxylic acids is 1. The molecule has 0 aliphatic carbocycles. The fraction of sp³-hybridized carbons (Fsp3) is 0.722. The summed E-state index contributed by atoms with van der Waals surface area (Å²) in [5.41, 5.74) is 16.2. The molecule has 0 aromatic rings. The summed E-state index contributed by atoms with van der Waals surface area (Å²) in [5, 5.41) is 16.4. The first-order chi connectivity index (χ1) is 14.6. The maximum absolute atomic E-state index is 12.5. The van der Waals surface area contributed by atoms with E-state index in [0.717, 1.165) is 6.42 Å². The maximum Gasteiger partial charge on any atom is 0.326 e. The lowest BCUT2D eigenvalue weighted by Crippen LogP contribution is -2.54. The van der Waals surface area contributed by atoms with Gasteiger partial charge in [0.2, 0.25) is 23.6 Å². The first-order valence-electron chi connectivity index (χ1n) is 9.95. The van der Waals surface area contributed by atoms with Crippen LogP contribution in [0.2, 0.25) is 0 Å². The first-order valence-corrected chi connectivity index (χ1v) is 11.3. The highest BCUT2D eigenvalue weighted by Gasteiger charge is 2.26. The van der Waals surface area contributed by atoms with E-state index in [0.29, 0.717) is 25.1 Å². The van der Waals surface area contributed by atoms with Gasteiger partial charge in [0, 0.05) is 6.42 Å². The van der Waals surface area contributed by atoms with E-state index in [9.17, 15) is 29.1 Å². The van der Waals surface area contributed by atoms with Crippen LogP contribution in [0, 0.1) is 0 Å². The summed E-state index contributed by atoms with van der Waals surface area (Å²) in [6, 6.07) is -3.10. The van der Waals surface area contributed by atoms with Crippen molar-refractivity contribution in [2.45, 2.75) is 56.7 Å². The maximum atomic E-state index is 12.5. The molecule has 0 radical (unpaired) electrons. The molecule has 0 fully saturated rings. The van der Waals surface area contributed by atoms with Gasteiger partial charge in [-0.05, 0) is 44.2 Å². The summed E-state index contributed by atoms with van der Waals surface area (Å²) in [5.74, 6) is -3.30. The van der Waals surface area contributed by atoms with Crippen LogP contribution in [0.4, 0.5) is 0 Å². The summed E-state index contributed by atoms with van der Waals surface area (Å²) >= 11 is 1.44. The summed E-state index contributed by atoms with van der Waals surface area (Å²) in [7, 11) is 0. The average Bonchev–Trinajstić information content (AvgIpc) is 2.71. The van der Waals surface area contributed by atoms with Crippen LogP contribution in [0.3, 0.4) is 0 Å². The second kappa shape index (κ2) is 16.3. The zero-order valence-electron chi connectivity index (χ0n) is 17.7. The largest absolute Gasteiger partial charge is 0.480 e. The van der Waals surface area contributed by atoms with Crippen molar-refractivity contribution in [2.24, 2.45) is 17.2 Å². The van der Waals surface area contributed by atoms with Crippen molar-refractivity contribution in [3.8, 4) is 0 Å². The van der Waals surface area contributed by atoms with Crippen molar-refractivity contribution in [3.63, 3.8) is 0 Å². The van der Waals surface area contributed by atoms with Crippen LogP contribution in [0.25, 0.3) is 0 Å². The van der Waals surface area contributed by atoms with E-state index >= 15 is 0 Å². The minimum atomic E-state index is -1.32. The molecule has 178 valence electrons. The minimum absolute atomic E-state index is 0.169. The van der Waals surface area contributed by atoms with Crippen LogP contribution >= 0.6 is 11.8 Å². The highest BCUT2D eigenvalue weighted by molar-refractivity contribution is 7.98. The highest BCUT2D eigenvalue weighted by Crippen LogP contribution is 2.04. The first kappa shape index (κ1) is 28.6. The minimum Gasteiger partial charge on any atom is -0.480 e. The standard InChI is InChI=1S/C18H34N6O6S/c1-31-9-7-12(17(28)24-13(18(29)30)5-6-14(21)25)23-15(26)10-22-16(27)11(20)4-2-3-8-19/h11-13H,2-10,19-20H2,1H3,(H2,21,25)(H,22,27)(H,23,26)(H,24,28)(H,29,30). The summed E-state index contributed by atoms with van der Waals surface area (Å²) < 4.78 is 0. The van der Waals surface area contributed by atoms with Gasteiger partial charge in [0.1, 0.15) is 12.1 Å². The van der Waals surface area contributed by atoms with Crippen LogP contribution in [0.15, 0.2) is 0 Å². The van der Waals surface area contributed by atoms with Gasteiger partial charge in [-0.25, -0.2) is 4.79 Å².